The van der Waals surface area contributed by atoms with Crippen LogP contribution in [-0.4, -0.2) is 0 Å². The first-order chi connectivity index (χ1) is 25.3. The van der Waals surface area contributed by atoms with Crippen molar-refractivity contribution >= 4 is 48.4 Å². The Morgan fingerprint density at radius 2 is 1.08 bits per heavy atom. The van der Waals surface area contributed by atoms with Crippen LogP contribution in [0.25, 0.3) is 81.5 Å². The van der Waals surface area contributed by atoms with Crippen LogP contribution in [0.2, 0.25) is 0 Å². The summed E-state index contributed by atoms with van der Waals surface area (Å²) in [5, 5.41) is 5.22. The van der Waals surface area contributed by atoms with Crippen molar-refractivity contribution in [3.63, 3.8) is 0 Å². The van der Waals surface area contributed by atoms with Gasteiger partial charge in [0.2, 0.25) is 0 Å². The largest absolute Gasteiger partial charge is 0.135 e. The second-order valence-corrected chi connectivity index (χ2v) is 16.7. The fraction of sp³-hybridized carbons (Fsp3) is 0.137. The molecule has 250 valence electrons. The Kier molecular flexibility index (Phi) is 6.76. The highest BCUT2D eigenvalue weighted by molar-refractivity contribution is 7.25. The maximum Gasteiger partial charge on any atom is 0.0361 e. The second-order valence-electron chi connectivity index (χ2n) is 15.6. The van der Waals surface area contributed by atoms with E-state index in [0.29, 0.717) is 0 Å². The van der Waals surface area contributed by atoms with E-state index in [1.165, 1.54) is 103 Å². The van der Waals surface area contributed by atoms with Crippen molar-refractivity contribution in [2.24, 2.45) is 0 Å². The molecule has 8 aromatic rings. The van der Waals surface area contributed by atoms with Crippen molar-refractivity contribution in [3.05, 3.63) is 173 Å². The van der Waals surface area contributed by atoms with Crippen molar-refractivity contribution in [1.29, 1.82) is 0 Å². The highest BCUT2D eigenvalue weighted by atomic mass is 32.1. The summed E-state index contributed by atoms with van der Waals surface area (Å²) >= 11 is 1.88. The van der Waals surface area contributed by atoms with Gasteiger partial charge in [-0.2, -0.15) is 0 Å². The van der Waals surface area contributed by atoms with Gasteiger partial charge in [0.1, 0.15) is 0 Å². The van der Waals surface area contributed by atoms with E-state index in [1.807, 2.05) is 11.3 Å². The first kappa shape index (κ1) is 31.3. The van der Waals surface area contributed by atoms with Crippen molar-refractivity contribution in [2.75, 3.05) is 0 Å². The topological polar surface area (TPSA) is 0 Å². The van der Waals surface area contributed by atoms with Gasteiger partial charge in [-0.05, 0) is 120 Å². The van der Waals surface area contributed by atoms with E-state index in [9.17, 15) is 0 Å². The minimum absolute atomic E-state index is 0.0178. The molecule has 10 rings (SSSR count). The van der Waals surface area contributed by atoms with E-state index in [1.54, 1.807) is 0 Å². The minimum Gasteiger partial charge on any atom is -0.135 e. The summed E-state index contributed by atoms with van der Waals surface area (Å²) in [4.78, 5) is 0. The van der Waals surface area contributed by atoms with Crippen LogP contribution in [-0.2, 0) is 10.8 Å². The monoisotopic (exact) mass is 684 g/mol. The SMILES string of the molecule is C/C=C\C=C/c1cc(-c2ccc3c(c2)C(C)(C)c2cc4c(cc2-3)-c2ccccc2C4(C)C)c2ccccc2c1-c1ccc2c(c1)sc1ccccc12. The lowest BCUT2D eigenvalue weighted by Gasteiger charge is -2.26. The molecule has 0 bridgehead atoms. The standard InChI is InChI=1S/C51H40S/c1-6-7-8-15-32-26-40(34-16-9-10-19-39(34)49(32)33-23-25-38-37-18-12-14-21-47(37)52-48(38)28-33)31-22-24-36-42-29-41-35-17-11-13-20-43(35)50(2,3)45(41)30-46(42)51(4,5)44(36)27-31/h6-30H,1-5H3/b7-6-,15-8-. The lowest BCUT2D eigenvalue weighted by Crippen LogP contribution is -2.18. The molecule has 7 aromatic carbocycles. The predicted molar refractivity (Wildman–Crippen MR) is 227 cm³/mol. The van der Waals surface area contributed by atoms with E-state index in [-0.39, 0.29) is 10.8 Å². The molecule has 52 heavy (non-hydrogen) atoms. The molecular weight excluding hydrogens is 645 g/mol. The Balaban J connectivity index is 1.16. The molecule has 0 spiro atoms. The van der Waals surface area contributed by atoms with Crippen molar-refractivity contribution in [1.82, 2.24) is 0 Å². The molecule has 0 amide bonds. The number of thiophene rings is 1. The molecule has 0 radical (unpaired) electrons. The minimum atomic E-state index is -0.120. The first-order valence-corrected chi connectivity index (χ1v) is 19.3. The van der Waals surface area contributed by atoms with Gasteiger partial charge in [-0.25, -0.2) is 0 Å². The van der Waals surface area contributed by atoms with Crippen LogP contribution in [0.5, 0.6) is 0 Å². The number of hydrogen-bond acceptors (Lipinski definition) is 1. The zero-order valence-electron chi connectivity index (χ0n) is 30.3. The molecule has 0 saturated carbocycles. The summed E-state index contributed by atoms with van der Waals surface area (Å²) in [6, 6.07) is 48.5. The number of hydrogen-bond donors (Lipinski definition) is 0. The van der Waals surface area contributed by atoms with Crippen LogP contribution in [0.15, 0.2) is 146 Å². The maximum atomic E-state index is 2.53. The third-order valence-electron chi connectivity index (χ3n) is 12.0. The molecule has 0 unspecified atom stereocenters. The molecule has 1 aromatic heterocycles. The smallest absolute Gasteiger partial charge is 0.0361 e. The molecule has 0 atom stereocenters. The van der Waals surface area contributed by atoms with Crippen molar-refractivity contribution in [3.8, 4) is 44.5 Å². The van der Waals surface area contributed by atoms with E-state index < -0.39 is 0 Å². The van der Waals surface area contributed by atoms with Crippen LogP contribution < -0.4 is 0 Å². The second kappa shape index (κ2) is 11.2. The van der Waals surface area contributed by atoms with Crippen LogP contribution in [0.3, 0.4) is 0 Å². The van der Waals surface area contributed by atoms with Crippen LogP contribution in [0.1, 0.15) is 62.4 Å². The summed E-state index contributed by atoms with van der Waals surface area (Å²) in [7, 11) is 0. The highest BCUT2D eigenvalue weighted by Gasteiger charge is 2.41. The third kappa shape index (κ3) is 4.39. The molecule has 0 fully saturated rings. The Bertz CT molecular complexity index is 2850. The third-order valence-corrected chi connectivity index (χ3v) is 13.1. The van der Waals surface area contributed by atoms with E-state index in [4.69, 9.17) is 0 Å². The normalized spacial score (nSPS) is 15.2. The quantitative estimate of drug-likeness (QED) is 0.162. The summed E-state index contributed by atoms with van der Waals surface area (Å²) in [6.07, 6.45) is 8.68. The molecule has 2 aliphatic carbocycles. The summed E-state index contributed by atoms with van der Waals surface area (Å²) in [5.74, 6) is 0. The lowest BCUT2D eigenvalue weighted by atomic mass is 9.77. The Morgan fingerprint density at radius 3 is 1.88 bits per heavy atom. The van der Waals surface area contributed by atoms with Gasteiger partial charge < -0.3 is 0 Å². The predicted octanol–water partition coefficient (Wildman–Crippen LogP) is 14.7. The highest BCUT2D eigenvalue weighted by Crippen LogP contribution is 2.56. The van der Waals surface area contributed by atoms with Gasteiger partial charge in [-0.15, -0.1) is 11.3 Å². The number of fused-ring (bicyclic) bond motifs is 10. The molecular formula is C51H40S. The maximum absolute atomic E-state index is 2.53. The fourth-order valence-corrected chi connectivity index (χ4v) is 10.5. The van der Waals surface area contributed by atoms with Gasteiger partial charge in [0.05, 0.1) is 0 Å². The van der Waals surface area contributed by atoms with Crippen LogP contribution in [0, 0.1) is 0 Å². The molecule has 0 N–H and O–H groups in total. The van der Waals surface area contributed by atoms with Gasteiger partial charge in [0.25, 0.3) is 0 Å². The first-order valence-electron chi connectivity index (χ1n) is 18.5. The average Bonchev–Trinajstić information content (AvgIpc) is 3.72. The summed E-state index contributed by atoms with van der Waals surface area (Å²) in [6.45, 7) is 11.7. The zero-order chi connectivity index (χ0) is 35.4. The number of rotatable bonds is 4. The zero-order valence-corrected chi connectivity index (χ0v) is 31.2. The van der Waals surface area contributed by atoms with Crippen molar-refractivity contribution < 1.29 is 0 Å². The van der Waals surface area contributed by atoms with Crippen molar-refractivity contribution in [2.45, 2.75) is 45.4 Å². The van der Waals surface area contributed by atoms with Crippen LogP contribution in [0.4, 0.5) is 0 Å². The van der Waals surface area contributed by atoms with E-state index in [2.05, 4.69) is 186 Å². The Labute approximate surface area is 310 Å². The fourth-order valence-electron chi connectivity index (χ4n) is 9.34. The Hall–Kier alpha value is -5.50. The van der Waals surface area contributed by atoms with Gasteiger partial charge in [-0.1, -0.05) is 149 Å². The molecule has 1 heteroatoms. The van der Waals surface area contributed by atoms with Gasteiger partial charge >= 0.3 is 0 Å². The van der Waals surface area contributed by atoms with Crippen LogP contribution >= 0.6 is 11.3 Å². The molecule has 1 heterocycles. The lowest BCUT2D eigenvalue weighted by molar-refractivity contribution is 0.639. The summed E-state index contributed by atoms with van der Waals surface area (Å²) in [5.41, 5.74) is 17.4. The average molecular weight is 685 g/mol. The van der Waals surface area contributed by atoms with Gasteiger partial charge in [-0.3, -0.25) is 0 Å². The summed E-state index contributed by atoms with van der Waals surface area (Å²) < 4.78 is 2.66. The molecule has 0 saturated heterocycles. The van der Waals surface area contributed by atoms with Gasteiger partial charge in [0, 0.05) is 31.0 Å². The van der Waals surface area contributed by atoms with Gasteiger partial charge in [0.15, 0.2) is 0 Å². The van der Waals surface area contributed by atoms with E-state index >= 15 is 0 Å². The molecule has 0 aliphatic heterocycles. The molecule has 2 aliphatic rings. The number of allylic oxidation sites excluding steroid dienone is 3. The Morgan fingerprint density at radius 1 is 0.442 bits per heavy atom. The van der Waals surface area contributed by atoms with E-state index in [0.717, 1.165) is 0 Å². The molecule has 0 nitrogen and oxygen atoms in total. The number of benzene rings is 7.